The predicted octanol–water partition coefficient (Wildman–Crippen LogP) is 2.15. The Labute approximate surface area is 124 Å². The van der Waals surface area contributed by atoms with Gasteiger partial charge in [-0.05, 0) is 38.1 Å². The van der Waals surface area contributed by atoms with Crippen LogP contribution in [0.25, 0.3) is 5.52 Å². The molecule has 3 heterocycles. The standard InChI is InChI=1S/C16H21N3O2/c1-3-18-7-4-5-13(18)10-15-17-11-14-9-12(16(20)21-2)6-8-19(14)15/h6,8-9,11,13H,3-5,7,10H2,1-2H3. The molecule has 0 bridgehead atoms. The van der Waals surface area contributed by atoms with Crippen molar-refractivity contribution in [2.45, 2.75) is 32.2 Å². The van der Waals surface area contributed by atoms with Crippen LogP contribution in [0.15, 0.2) is 24.5 Å². The summed E-state index contributed by atoms with van der Waals surface area (Å²) >= 11 is 0. The fraction of sp³-hybridized carbons (Fsp3) is 0.500. The quantitative estimate of drug-likeness (QED) is 0.808. The van der Waals surface area contributed by atoms with Gasteiger partial charge < -0.3 is 14.0 Å². The van der Waals surface area contributed by atoms with Gasteiger partial charge in [0.15, 0.2) is 0 Å². The van der Waals surface area contributed by atoms with Gasteiger partial charge in [0.2, 0.25) is 0 Å². The van der Waals surface area contributed by atoms with E-state index in [2.05, 4.69) is 21.2 Å². The minimum Gasteiger partial charge on any atom is -0.465 e. The summed E-state index contributed by atoms with van der Waals surface area (Å²) < 4.78 is 6.82. The lowest BCUT2D eigenvalue weighted by Crippen LogP contribution is -2.31. The van der Waals surface area contributed by atoms with E-state index >= 15 is 0 Å². The summed E-state index contributed by atoms with van der Waals surface area (Å²) in [4.78, 5) is 18.6. The molecular weight excluding hydrogens is 266 g/mol. The Bertz CT molecular complexity index is 650. The number of fused-ring (bicyclic) bond motifs is 1. The number of aromatic nitrogens is 2. The highest BCUT2D eigenvalue weighted by Gasteiger charge is 2.24. The summed E-state index contributed by atoms with van der Waals surface area (Å²) in [5.41, 5.74) is 1.50. The zero-order valence-corrected chi connectivity index (χ0v) is 12.6. The van der Waals surface area contributed by atoms with Crippen LogP contribution in [0.2, 0.25) is 0 Å². The van der Waals surface area contributed by atoms with Gasteiger partial charge in [-0.3, -0.25) is 0 Å². The highest BCUT2D eigenvalue weighted by atomic mass is 16.5. The number of rotatable bonds is 4. The Morgan fingerprint density at radius 1 is 1.52 bits per heavy atom. The molecule has 5 heteroatoms. The smallest absolute Gasteiger partial charge is 0.337 e. The number of esters is 1. The monoisotopic (exact) mass is 287 g/mol. The largest absolute Gasteiger partial charge is 0.465 e. The van der Waals surface area contributed by atoms with Gasteiger partial charge in [0.05, 0.1) is 24.4 Å². The molecule has 1 aliphatic rings. The average molecular weight is 287 g/mol. The van der Waals surface area contributed by atoms with Gasteiger partial charge in [-0.15, -0.1) is 0 Å². The maximum atomic E-state index is 11.6. The van der Waals surface area contributed by atoms with Crippen molar-refractivity contribution in [2.75, 3.05) is 20.2 Å². The zero-order valence-electron chi connectivity index (χ0n) is 12.6. The van der Waals surface area contributed by atoms with Gasteiger partial charge >= 0.3 is 5.97 Å². The van der Waals surface area contributed by atoms with E-state index < -0.39 is 0 Å². The molecule has 5 nitrogen and oxygen atoms in total. The lowest BCUT2D eigenvalue weighted by Gasteiger charge is -2.22. The van der Waals surface area contributed by atoms with Gasteiger partial charge in [-0.1, -0.05) is 6.92 Å². The maximum absolute atomic E-state index is 11.6. The normalized spacial score (nSPS) is 19.2. The van der Waals surface area contributed by atoms with Crippen LogP contribution in [0, 0.1) is 0 Å². The van der Waals surface area contributed by atoms with Crippen molar-refractivity contribution in [3.8, 4) is 0 Å². The molecule has 3 rings (SSSR count). The summed E-state index contributed by atoms with van der Waals surface area (Å²) in [6.45, 7) is 4.50. The van der Waals surface area contributed by atoms with Crippen LogP contribution in [0.1, 0.15) is 35.9 Å². The Morgan fingerprint density at radius 2 is 2.38 bits per heavy atom. The topological polar surface area (TPSA) is 46.8 Å². The summed E-state index contributed by atoms with van der Waals surface area (Å²) in [6, 6.07) is 4.20. The number of pyridine rings is 1. The number of likely N-dealkylation sites (tertiary alicyclic amines) is 1. The molecule has 2 aromatic rings. The van der Waals surface area contributed by atoms with E-state index in [1.165, 1.54) is 26.5 Å². The van der Waals surface area contributed by atoms with E-state index in [0.717, 1.165) is 24.3 Å². The van der Waals surface area contributed by atoms with Crippen molar-refractivity contribution in [1.82, 2.24) is 14.3 Å². The van der Waals surface area contributed by atoms with E-state index in [4.69, 9.17) is 4.74 Å². The third-order valence-corrected chi connectivity index (χ3v) is 4.35. The lowest BCUT2D eigenvalue weighted by atomic mass is 10.1. The second kappa shape index (κ2) is 5.85. The molecule has 0 spiro atoms. The number of nitrogens with zero attached hydrogens (tertiary/aromatic N) is 3. The SMILES string of the molecule is CCN1CCCC1Cc1ncc2cc(C(=O)OC)ccn12. The van der Waals surface area contributed by atoms with Crippen LogP contribution >= 0.6 is 0 Å². The van der Waals surface area contributed by atoms with E-state index in [1.807, 2.05) is 18.5 Å². The van der Waals surface area contributed by atoms with Crippen LogP contribution in [-0.2, 0) is 11.2 Å². The van der Waals surface area contributed by atoms with E-state index in [-0.39, 0.29) is 5.97 Å². The number of imidazole rings is 1. The molecule has 112 valence electrons. The highest BCUT2D eigenvalue weighted by Crippen LogP contribution is 2.21. The van der Waals surface area contributed by atoms with Gasteiger partial charge in [0.25, 0.3) is 0 Å². The van der Waals surface area contributed by atoms with Crippen molar-refractivity contribution in [2.24, 2.45) is 0 Å². The summed E-state index contributed by atoms with van der Waals surface area (Å²) in [5, 5.41) is 0. The Morgan fingerprint density at radius 3 is 3.14 bits per heavy atom. The third kappa shape index (κ3) is 2.65. The summed E-state index contributed by atoms with van der Waals surface area (Å²) in [7, 11) is 1.40. The van der Waals surface area contributed by atoms with Crippen molar-refractivity contribution in [3.05, 3.63) is 35.9 Å². The molecule has 1 aliphatic heterocycles. The van der Waals surface area contributed by atoms with Crippen LogP contribution in [0.5, 0.6) is 0 Å². The molecule has 0 amide bonds. The summed E-state index contributed by atoms with van der Waals surface area (Å²) in [6.07, 6.45) is 7.21. The molecule has 1 atom stereocenters. The Hall–Kier alpha value is -1.88. The molecule has 2 aromatic heterocycles. The van der Waals surface area contributed by atoms with E-state index in [9.17, 15) is 4.79 Å². The molecule has 21 heavy (non-hydrogen) atoms. The minimum atomic E-state index is -0.312. The first kappa shape index (κ1) is 14.1. The van der Waals surface area contributed by atoms with Gasteiger partial charge in [0.1, 0.15) is 5.82 Å². The molecule has 1 saturated heterocycles. The fourth-order valence-electron chi connectivity index (χ4n) is 3.20. The molecule has 0 radical (unpaired) electrons. The maximum Gasteiger partial charge on any atom is 0.337 e. The number of carbonyl (C=O) groups is 1. The molecule has 0 aliphatic carbocycles. The molecule has 1 unspecified atom stereocenters. The molecular formula is C16H21N3O2. The highest BCUT2D eigenvalue weighted by molar-refractivity contribution is 5.90. The molecule has 0 N–H and O–H groups in total. The van der Waals surface area contributed by atoms with E-state index in [1.54, 1.807) is 6.07 Å². The molecule has 1 fully saturated rings. The number of likely N-dealkylation sites (N-methyl/N-ethyl adjacent to an activating group) is 1. The molecule has 0 saturated carbocycles. The average Bonchev–Trinajstić information content (AvgIpc) is 3.13. The van der Waals surface area contributed by atoms with Crippen LogP contribution in [0.4, 0.5) is 0 Å². The number of ether oxygens (including phenoxy) is 1. The minimum absolute atomic E-state index is 0.312. The number of carbonyl (C=O) groups excluding carboxylic acids is 1. The first-order chi connectivity index (χ1) is 10.2. The Kier molecular flexibility index (Phi) is 3.92. The van der Waals surface area contributed by atoms with Crippen molar-refractivity contribution < 1.29 is 9.53 Å². The first-order valence-electron chi connectivity index (χ1n) is 7.51. The zero-order chi connectivity index (χ0) is 14.8. The van der Waals surface area contributed by atoms with Crippen LogP contribution in [0.3, 0.4) is 0 Å². The van der Waals surface area contributed by atoms with Crippen LogP contribution < -0.4 is 0 Å². The van der Waals surface area contributed by atoms with Crippen molar-refractivity contribution in [1.29, 1.82) is 0 Å². The Balaban J connectivity index is 1.85. The molecule has 0 aromatic carbocycles. The number of hydrogen-bond donors (Lipinski definition) is 0. The fourth-order valence-corrected chi connectivity index (χ4v) is 3.20. The third-order valence-electron chi connectivity index (χ3n) is 4.35. The van der Waals surface area contributed by atoms with Crippen molar-refractivity contribution in [3.63, 3.8) is 0 Å². The predicted molar refractivity (Wildman–Crippen MR) is 80.5 cm³/mol. The lowest BCUT2D eigenvalue weighted by molar-refractivity contribution is 0.0600. The van der Waals surface area contributed by atoms with Gasteiger partial charge in [-0.2, -0.15) is 0 Å². The number of hydrogen-bond acceptors (Lipinski definition) is 4. The van der Waals surface area contributed by atoms with Gasteiger partial charge in [-0.25, -0.2) is 9.78 Å². The van der Waals surface area contributed by atoms with Crippen molar-refractivity contribution >= 4 is 11.5 Å². The van der Waals surface area contributed by atoms with Crippen LogP contribution in [-0.4, -0.2) is 46.5 Å². The van der Waals surface area contributed by atoms with E-state index in [0.29, 0.717) is 11.6 Å². The second-order valence-corrected chi connectivity index (χ2v) is 5.51. The second-order valence-electron chi connectivity index (χ2n) is 5.51. The first-order valence-corrected chi connectivity index (χ1v) is 7.51. The number of methoxy groups -OCH3 is 1. The summed E-state index contributed by atoms with van der Waals surface area (Å²) in [5.74, 6) is 0.750. The van der Waals surface area contributed by atoms with Gasteiger partial charge in [0, 0.05) is 18.7 Å².